The van der Waals surface area contributed by atoms with Gasteiger partial charge in [-0.2, -0.15) is 0 Å². The van der Waals surface area contributed by atoms with Gasteiger partial charge in [0, 0.05) is 11.4 Å². The van der Waals surface area contributed by atoms with E-state index in [0.29, 0.717) is 17.9 Å². The minimum Gasteiger partial charge on any atom is -0.394 e. The minimum absolute atomic E-state index is 0.305. The van der Waals surface area contributed by atoms with Crippen molar-refractivity contribution in [2.24, 2.45) is 0 Å². The van der Waals surface area contributed by atoms with Gasteiger partial charge in [0.2, 0.25) is 0 Å². The first-order valence-electron chi connectivity index (χ1n) is 5.80. The average molecular weight is 272 g/mol. The Labute approximate surface area is 112 Å². The highest BCUT2D eigenvalue weighted by Crippen LogP contribution is 2.12. The highest BCUT2D eigenvalue weighted by atomic mass is 35.5. The Balaban J connectivity index is 2.86. The maximum absolute atomic E-state index is 12.0. The van der Waals surface area contributed by atoms with Gasteiger partial charge in [0.25, 0.3) is 5.91 Å². The molecular weight excluding hydrogens is 254 g/mol. The maximum Gasteiger partial charge on any atom is 0.251 e. The smallest absolute Gasteiger partial charge is 0.251 e. The second-order valence-electron chi connectivity index (χ2n) is 4.24. The van der Waals surface area contributed by atoms with E-state index in [-0.39, 0.29) is 19.1 Å². The van der Waals surface area contributed by atoms with Gasteiger partial charge in [0.15, 0.2) is 0 Å². The van der Waals surface area contributed by atoms with Crippen LogP contribution in [-0.4, -0.2) is 34.9 Å². The second-order valence-corrected chi connectivity index (χ2v) is 4.51. The monoisotopic (exact) mass is 271 g/mol. The molecule has 0 atom stereocenters. The zero-order valence-corrected chi connectivity index (χ0v) is 11.1. The SMILES string of the molecule is CCC(CO)(CO)NC(=O)c1cccc(CCl)c1. The lowest BCUT2D eigenvalue weighted by molar-refractivity contribution is 0.0653. The molecule has 0 spiro atoms. The summed E-state index contributed by atoms with van der Waals surface area (Å²) in [7, 11) is 0. The lowest BCUT2D eigenvalue weighted by atomic mass is 9.97. The number of rotatable bonds is 6. The first-order chi connectivity index (χ1) is 8.60. The summed E-state index contributed by atoms with van der Waals surface area (Å²) < 4.78 is 0. The van der Waals surface area contributed by atoms with Crippen molar-refractivity contribution in [3.05, 3.63) is 35.4 Å². The topological polar surface area (TPSA) is 69.6 Å². The van der Waals surface area contributed by atoms with Crippen molar-refractivity contribution in [1.82, 2.24) is 5.32 Å². The number of hydrogen-bond acceptors (Lipinski definition) is 3. The van der Waals surface area contributed by atoms with Crippen LogP contribution in [0.4, 0.5) is 0 Å². The van der Waals surface area contributed by atoms with Crippen LogP contribution in [0.25, 0.3) is 0 Å². The molecule has 1 rings (SSSR count). The first-order valence-corrected chi connectivity index (χ1v) is 6.33. The molecule has 5 heteroatoms. The lowest BCUT2D eigenvalue weighted by Gasteiger charge is -2.29. The van der Waals surface area contributed by atoms with Crippen molar-refractivity contribution >= 4 is 17.5 Å². The number of aliphatic hydroxyl groups excluding tert-OH is 2. The van der Waals surface area contributed by atoms with Crippen molar-refractivity contribution in [2.45, 2.75) is 24.8 Å². The van der Waals surface area contributed by atoms with E-state index >= 15 is 0 Å². The zero-order chi connectivity index (χ0) is 13.6. The van der Waals surface area contributed by atoms with Crippen LogP contribution in [0, 0.1) is 0 Å². The van der Waals surface area contributed by atoms with E-state index in [1.165, 1.54) is 0 Å². The quantitative estimate of drug-likeness (QED) is 0.683. The molecule has 0 aromatic heterocycles. The van der Waals surface area contributed by atoms with Crippen molar-refractivity contribution in [1.29, 1.82) is 0 Å². The van der Waals surface area contributed by atoms with E-state index in [0.717, 1.165) is 5.56 Å². The molecule has 1 aromatic carbocycles. The standard InChI is InChI=1S/C13H18ClNO3/c1-2-13(8-16,9-17)15-12(18)11-5-3-4-10(6-11)7-14/h3-6,16-17H,2,7-9H2,1H3,(H,15,18). The molecule has 4 nitrogen and oxygen atoms in total. The highest BCUT2D eigenvalue weighted by Gasteiger charge is 2.28. The predicted molar refractivity (Wildman–Crippen MR) is 70.7 cm³/mol. The minimum atomic E-state index is -0.978. The van der Waals surface area contributed by atoms with Crippen molar-refractivity contribution in [3.8, 4) is 0 Å². The summed E-state index contributed by atoms with van der Waals surface area (Å²) in [4.78, 5) is 12.0. The van der Waals surface area contributed by atoms with Gasteiger partial charge in [-0.3, -0.25) is 4.79 Å². The number of amides is 1. The number of aliphatic hydroxyl groups is 2. The summed E-state index contributed by atoms with van der Waals surface area (Å²) in [6, 6.07) is 6.94. The average Bonchev–Trinajstić information content (AvgIpc) is 2.44. The summed E-state index contributed by atoms with van der Waals surface area (Å²) in [5.41, 5.74) is 0.334. The van der Waals surface area contributed by atoms with Crippen molar-refractivity contribution in [2.75, 3.05) is 13.2 Å². The fourth-order valence-corrected chi connectivity index (χ4v) is 1.72. The summed E-state index contributed by atoms with van der Waals surface area (Å²) in [6.45, 7) is 1.18. The van der Waals surface area contributed by atoms with Gasteiger partial charge < -0.3 is 15.5 Å². The molecule has 18 heavy (non-hydrogen) atoms. The van der Waals surface area contributed by atoms with Crippen LogP contribution in [-0.2, 0) is 5.88 Å². The third-order valence-corrected chi connectivity index (χ3v) is 3.31. The summed E-state index contributed by atoms with van der Waals surface area (Å²) in [5, 5.41) is 21.2. The van der Waals surface area contributed by atoms with Crippen molar-refractivity contribution < 1.29 is 15.0 Å². The van der Waals surface area contributed by atoms with Gasteiger partial charge in [-0.1, -0.05) is 19.1 Å². The molecule has 0 bridgehead atoms. The molecule has 0 fully saturated rings. The van der Waals surface area contributed by atoms with E-state index in [1.54, 1.807) is 25.1 Å². The van der Waals surface area contributed by atoms with Gasteiger partial charge in [-0.25, -0.2) is 0 Å². The van der Waals surface area contributed by atoms with Crippen LogP contribution in [0.1, 0.15) is 29.3 Å². The number of alkyl halides is 1. The molecule has 1 aromatic rings. The highest BCUT2D eigenvalue weighted by molar-refractivity contribution is 6.17. The molecule has 0 aliphatic carbocycles. The number of halogens is 1. The van der Waals surface area contributed by atoms with E-state index < -0.39 is 5.54 Å². The third kappa shape index (κ3) is 3.45. The molecule has 3 N–H and O–H groups in total. The van der Waals surface area contributed by atoms with Crippen LogP contribution in [0.3, 0.4) is 0 Å². The van der Waals surface area contributed by atoms with E-state index in [1.807, 2.05) is 6.07 Å². The molecule has 1 amide bonds. The molecule has 0 unspecified atom stereocenters. The van der Waals surface area contributed by atoms with E-state index in [2.05, 4.69) is 5.32 Å². The fraction of sp³-hybridized carbons (Fsp3) is 0.462. The molecule has 0 aliphatic heterocycles. The number of nitrogens with one attached hydrogen (secondary N) is 1. The van der Waals surface area contributed by atoms with Crippen LogP contribution in [0.2, 0.25) is 0 Å². The number of hydrogen-bond donors (Lipinski definition) is 3. The van der Waals surface area contributed by atoms with Crippen LogP contribution in [0.15, 0.2) is 24.3 Å². The Kier molecular flexibility index (Phi) is 5.59. The maximum atomic E-state index is 12.0. The van der Waals surface area contributed by atoms with E-state index in [9.17, 15) is 15.0 Å². The Bertz CT molecular complexity index is 397. The summed E-state index contributed by atoms with van der Waals surface area (Å²) in [6.07, 6.45) is 0.445. The van der Waals surface area contributed by atoms with Crippen LogP contribution < -0.4 is 5.32 Å². The molecule has 100 valence electrons. The number of carbonyl (C=O) groups is 1. The van der Waals surface area contributed by atoms with Gasteiger partial charge in [0.1, 0.15) is 0 Å². The van der Waals surface area contributed by atoms with Gasteiger partial charge in [0.05, 0.1) is 18.8 Å². The second kappa shape index (κ2) is 6.73. The molecule has 0 saturated heterocycles. The van der Waals surface area contributed by atoms with Crippen molar-refractivity contribution in [3.63, 3.8) is 0 Å². The first kappa shape index (κ1) is 15.0. The Morgan fingerprint density at radius 2 is 2.06 bits per heavy atom. The molecule has 0 radical (unpaired) electrons. The van der Waals surface area contributed by atoms with E-state index in [4.69, 9.17) is 11.6 Å². The molecule has 0 aliphatic rings. The van der Waals surface area contributed by atoms with Gasteiger partial charge in [-0.05, 0) is 24.1 Å². The fourth-order valence-electron chi connectivity index (χ4n) is 1.55. The number of benzene rings is 1. The largest absolute Gasteiger partial charge is 0.394 e. The Hall–Kier alpha value is -1.10. The summed E-state index contributed by atoms with van der Waals surface area (Å²) >= 11 is 5.71. The number of carbonyl (C=O) groups excluding carboxylic acids is 1. The molecule has 0 saturated carbocycles. The zero-order valence-electron chi connectivity index (χ0n) is 10.3. The third-order valence-electron chi connectivity index (χ3n) is 3.00. The normalized spacial score (nSPS) is 11.3. The molecular formula is C13H18ClNO3. The summed E-state index contributed by atoms with van der Waals surface area (Å²) in [5.74, 6) is 0.00644. The van der Waals surface area contributed by atoms with Crippen LogP contribution in [0.5, 0.6) is 0 Å². The van der Waals surface area contributed by atoms with Gasteiger partial charge >= 0.3 is 0 Å². The van der Waals surface area contributed by atoms with Gasteiger partial charge in [-0.15, -0.1) is 11.6 Å². The predicted octanol–water partition coefficient (Wildman–Crippen LogP) is 1.29. The van der Waals surface area contributed by atoms with Crippen LogP contribution >= 0.6 is 11.6 Å². The Morgan fingerprint density at radius 3 is 2.56 bits per heavy atom. The lowest BCUT2D eigenvalue weighted by Crippen LogP contribution is -2.53. The Morgan fingerprint density at radius 1 is 1.39 bits per heavy atom. The molecule has 0 heterocycles.